The first-order chi connectivity index (χ1) is 7.05. The number of oxime groups is 2. The molecule has 6 nitrogen and oxygen atoms in total. The predicted octanol–water partition coefficient (Wildman–Crippen LogP) is 1.02. The van der Waals surface area contributed by atoms with Crippen LogP contribution in [-0.4, -0.2) is 45.6 Å². The molecule has 0 aromatic heterocycles. The molecule has 0 saturated carbocycles. The summed E-state index contributed by atoms with van der Waals surface area (Å²) in [6.45, 7) is 3.43. The molecule has 15 heavy (non-hydrogen) atoms. The minimum absolute atomic E-state index is 0.414. The normalized spacial score (nSPS) is 14.0. The summed E-state index contributed by atoms with van der Waals surface area (Å²) >= 11 is 0. The van der Waals surface area contributed by atoms with Crippen LogP contribution in [0.25, 0.3) is 0 Å². The van der Waals surface area contributed by atoms with E-state index in [2.05, 4.69) is 15.1 Å². The van der Waals surface area contributed by atoms with E-state index >= 15 is 0 Å². The fraction of sp³-hybridized carbons (Fsp3) is 0.778. The van der Waals surface area contributed by atoms with E-state index in [-0.39, 0.29) is 0 Å². The van der Waals surface area contributed by atoms with E-state index < -0.39 is 5.79 Å². The van der Waals surface area contributed by atoms with E-state index in [1.807, 2.05) is 0 Å². The first-order valence-electron chi connectivity index (χ1n) is 4.35. The average molecular weight is 218 g/mol. The molecule has 88 valence electrons. The number of methoxy groups -OCH3 is 2. The maximum absolute atomic E-state index is 5.20. The largest absolute Gasteiger partial charge is 0.399 e. The van der Waals surface area contributed by atoms with Gasteiger partial charge >= 0.3 is 0 Å². The summed E-state index contributed by atoms with van der Waals surface area (Å²) in [7, 11) is 5.90. The molecule has 0 aliphatic heterocycles. The number of rotatable bonds is 6. The van der Waals surface area contributed by atoms with Gasteiger partial charge in [0.1, 0.15) is 19.9 Å². The molecule has 0 saturated heterocycles. The lowest BCUT2D eigenvalue weighted by atomic mass is 10.1. The Morgan fingerprint density at radius 1 is 0.933 bits per heavy atom. The highest BCUT2D eigenvalue weighted by Gasteiger charge is 2.33. The summed E-state index contributed by atoms with van der Waals surface area (Å²) in [5.74, 6) is -1.01. The van der Waals surface area contributed by atoms with Crippen molar-refractivity contribution in [1.29, 1.82) is 0 Å². The van der Waals surface area contributed by atoms with Crippen molar-refractivity contribution >= 4 is 11.4 Å². The Morgan fingerprint density at radius 3 is 1.73 bits per heavy atom. The summed E-state index contributed by atoms with van der Waals surface area (Å²) in [4.78, 5) is 9.37. The number of hydrogen-bond acceptors (Lipinski definition) is 6. The van der Waals surface area contributed by atoms with Crippen molar-refractivity contribution in [2.24, 2.45) is 10.3 Å². The van der Waals surface area contributed by atoms with Crippen LogP contribution in [0.15, 0.2) is 10.3 Å². The topological polar surface area (TPSA) is 61.6 Å². The van der Waals surface area contributed by atoms with Gasteiger partial charge in [-0.25, -0.2) is 0 Å². The molecule has 0 aliphatic carbocycles. The molecular weight excluding hydrogens is 200 g/mol. The van der Waals surface area contributed by atoms with Gasteiger partial charge in [0.25, 0.3) is 0 Å². The number of nitrogens with zero attached hydrogens (tertiary/aromatic N) is 2. The molecular formula is C9H18N2O4. The van der Waals surface area contributed by atoms with E-state index in [0.717, 1.165) is 0 Å². The monoisotopic (exact) mass is 218 g/mol. The third kappa shape index (κ3) is 3.49. The molecule has 0 unspecified atom stereocenters. The molecule has 0 heterocycles. The maximum atomic E-state index is 5.20. The van der Waals surface area contributed by atoms with E-state index in [9.17, 15) is 0 Å². The van der Waals surface area contributed by atoms with Crippen molar-refractivity contribution in [1.82, 2.24) is 0 Å². The summed E-state index contributed by atoms with van der Waals surface area (Å²) in [5.41, 5.74) is 0.933. The van der Waals surface area contributed by atoms with E-state index in [4.69, 9.17) is 14.3 Å². The highest BCUT2D eigenvalue weighted by atomic mass is 16.7. The van der Waals surface area contributed by atoms with Crippen LogP contribution < -0.4 is 0 Å². The fourth-order valence-corrected chi connectivity index (χ4v) is 1.03. The van der Waals surface area contributed by atoms with E-state index in [0.29, 0.717) is 11.4 Å². The van der Waals surface area contributed by atoms with Gasteiger partial charge in [0.05, 0.1) is 0 Å². The third-order valence-electron chi connectivity index (χ3n) is 1.96. The SMILES string of the molecule is CO/N=C(/C(C)=N/OC)C(C)(OC)OC. The molecule has 0 atom stereocenters. The number of hydrogen-bond donors (Lipinski definition) is 0. The number of ether oxygens (including phenoxy) is 2. The fourth-order valence-electron chi connectivity index (χ4n) is 1.03. The molecule has 0 amide bonds. The minimum atomic E-state index is -1.01. The van der Waals surface area contributed by atoms with Gasteiger partial charge in [-0.2, -0.15) is 0 Å². The van der Waals surface area contributed by atoms with Crippen molar-refractivity contribution in [2.75, 3.05) is 28.4 Å². The Morgan fingerprint density at radius 2 is 1.40 bits per heavy atom. The van der Waals surface area contributed by atoms with Crippen LogP contribution >= 0.6 is 0 Å². The van der Waals surface area contributed by atoms with Crippen LogP contribution in [0.4, 0.5) is 0 Å². The van der Waals surface area contributed by atoms with Crippen molar-refractivity contribution in [2.45, 2.75) is 19.6 Å². The lowest BCUT2D eigenvalue weighted by Gasteiger charge is -2.26. The smallest absolute Gasteiger partial charge is 0.214 e. The molecule has 0 bridgehead atoms. The van der Waals surface area contributed by atoms with Gasteiger partial charge < -0.3 is 19.1 Å². The lowest BCUT2D eigenvalue weighted by Crippen LogP contribution is -2.43. The molecule has 0 aromatic carbocycles. The molecule has 6 heteroatoms. The summed E-state index contributed by atoms with van der Waals surface area (Å²) in [5, 5.41) is 7.56. The van der Waals surface area contributed by atoms with Crippen LogP contribution in [-0.2, 0) is 19.1 Å². The summed E-state index contributed by atoms with van der Waals surface area (Å²) in [6, 6.07) is 0. The van der Waals surface area contributed by atoms with Gasteiger partial charge in [-0.3, -0.25) is 0 Å². The van der Waals surface area contributed by atoms with Crippen molar-refractivity contribution < 1.29 is 19.1 Å². The highest BCUT2D eigenvalue weighted by Crippen LogP contribution is 2.14. The molecule has 0 rings (SSSR count). The standard InChI is InChI=1S/C9H18N2O4/c1-7(10-14-5)8(11-15-6)9(2,12-3)13-4/h1-6H3/b10-7+,11-8-. The zero-order valence-corrected chi connectivity index (χ0v) is 10.0. The second kappa shape index (κ2) is 6.36. The average Bonchev–Trinajstić information content (AvgIpc) is 2.25. The van der Waals surface area contributed by atoms with E-state index in [1.165, 1.54) is 28.4 Å². The van der Waals surface area contributed by atoms with Crippen LogP contribution in [0, 0.1) is 0 Å². The molecule has 0 N–H and O–H groups in total. The molecule has 0 radical (unpaired) electrons. The molecule has 0 spiro atoms. The first kappa shape index (κ1) is 13.9. The quantitative estimate of drug-likeness (QED) is 0.379. The van der Waals surface area contributed by atoms with Crippen LogP contribution in [0.5, 0.6) is 0 Å². The summed E-state index contributed by atoms with van der Waals surface area (Å²) in [6.07, 6.45) is 0. The Hall–Kier alpha value is -1.14. The van der Waals surface area contributed by atoms with E-state index in [1.54, 1.807) is 13.8 Å². The Bertz CT molecular complexity index is 246. The highest BCUT2D eigenvalue weighted by molar-refractivity contribution is 6.43. The third-order valence-corrected chi connectivity index (χ3v) is 1.96. The summed E-state index contributed by atoms with van der Waals surface area (Å²) < 4.78 is 10.4. The Labute approximate surface area is 89.8 Å². The Kier molecular flexibility index (Phi) is 5.88. The van der Waals surface area contributed by atoms with Gasteiger partial charge in [-0.15, -0.1) is 0 Å². The zero-order valence-electron chi connectivity index (χ0n) is 10.0. The second-order valence-electron chi connectivity index (χ2n) is 2.84. The predicted molar refractivity (Wildman–Crippen MR) is 57.0 cm³/mol. The minimum Gasteiger partial charge on any atom is -0.399 e. The van der Waals surface area contributed by atoms with Gasteiger partial charge in [0.2, 0.25) is 5.79 Å². The molecule has 0 aromatic rings. The van der Waals surface area contributed by atoms with Gasteiger partial charge in [-0.05, 0) is 13.8 Å². The maximum Gasteiger partial charge on any atom is 0.214 e. The van der Waals surface area contributed by atoms with Crippen LogP contribution in [0.3, 0.4) is 0 Å². The van der Waals surface area contributed by atoms with Crippen molar-refractivity contribution in [3.63, 3.8) is 0 Å². The van der Waals surface area contributed by atoms with Crippen LogP contribution in [0.2, 0.25) is 0 Å². The van der Waals surface area contributed by atoms with Crippen LogP contribution in [0.1, 0.15) is 13.8 Å². The Balaban J connectivity index is 5.13. The molecule has 0 fully saturated rings. The second-order valence-corrected chi connectivity index (χ2v) is 2.84. The van der Waals surface area contributed by atoms with Crippen molar-refractivity contribution in [3.05, 3.63) is 0 Å². The van der Waals surface area contributed by atoms with Gasteiger partial charge in [0.15, 0.2) is 5.71 Å². The van der Waals surface area contributed by atoms with Gasteiger partial charge in [0, 0.05) is 14.2 Å². The lowest BCUT2D eigenvalue weighted by molar-refractivity contribution is -0.139. The first-order valence-corrected chi connectivity index (χ1v) is 4.35. The van der Waals surface area contributed by atoms with Gasteiger partial charge in [-0.1, -0.05) is 10.3 Å². The van der Waals surface area contributed by atoms with Crippen molar-refractivity contribution in [3.8, 4) is 0 Å². The molecule has 0 aliphatic rings. The zero-order chi connectivity index (χ0) is 11.9.